The second-order valence-corrected chi connectivity index (χ2v) is 13.6. The third-order valence-electron chi connectivity index (χ3n) is 5.45. The maximum atomic E-state index is 7.01. The normalized spacial score (nSPS) is 12.0. The monoisotopic (exact) mass is 442 g/mol. The molecule has 0 fully saturated rings. The van der Waals surface area contributed by atoms with E-state index < -0.39 is 18.3 Å². The Kier molecular flexibility index (Phi) is 6.88. The molecular formula is C25H26O2Si3. The van der Waals surface area contributed by atoms with Crippen LogP contribution < -0.4 is 10.4 Å². The molecule has 4 aromatic rings. The third kappa shape index (κ3) is 4.45. The second-order valence-electron chi connectivity index (χ2n) is 7.24. The predicted octanol–water partition coefficient (Wildman–Crippen LogP) is 2.43. The number of benzene rings is 4. The molecule has 0 saturated carbocycles. The van der Waals surface area contributed by atoms with Crippen molar-refractivity contribution in [2.45, 2.75) is 5.54 Å². The van der Waals surface area contributed by atoms with Crippen LogP contribution in [-0.2, 0) is 8.23 Å². The largest absolute Gasteiger partial charge is 0.439 e. The van der Waals surface area contributed by atoms with Gasteiger partial charge >= 0.3 is 8.56 Å². The van der Waals surface area contributed by atoms with E-state index >= 15 is 0 Å². The van der Waals surface area contributed by atoms with Gasteiger partial charge in [0.05, 0.1) is 0 Å². The molecule has 0 aromatic heterocycles. The molecule has 30 heavy (non-hydrogen) atoms. The number of rotatable bonds is 8. The first-order valence-electron chi connectivity index (χ1n) is 10.2. The van der Waals surface area contributed by atoms with Crippen molar-refractivity contribution in [2.75, 3.05) is 0 Å². The second kappa shape index (κ2) is 9.97. The number of hydrogen-bond donors (Lipinski definition) is 0. The van der Waals surface area contributed by atoms with Crippen LogP contribution >= 0.6 is 0 Å². The molecule has 0 atom stereocenters. The van der Waals surface area contributed by atoms with Crippen molar-refractivity contribution >= 4 is 39.2 Å². The molecule has 0 saturated heterocycles. The average molecular weight is 443 g/mol. The lowest BCUT2D eigenvalue weighted by Gasteiger charge is -2.33. The van der Waals surface area contributed by atoms with Crippen LogP contribution in [0.3, 0.4) is 0 Å². The highest BCUT2D eigenvalue weighted by Gasteiger charge is 2.41. The van der Waals surface area contributed by atoms with Gasteiger partial charge in [-0.05, 0) is 21.5 Å². The first-order chi connectivity index (χ1) is 14.8. The van der Waals surface area contributed by atoms with Gasteiger partial charge in [-0.3, -0.25) is 0 Å². The van der Waals surface area contributed by atoms with Gasteiger partial charge in [-0.15, -0.1) is 0 Å². The minimum atomic E-state index is -2.73. The molecule has 150 valence electrons. The Hall–Kier alpha value is -2.55. The van der Waals surface area contributed by atoms with Crippen molar-refractivity contribution in [3.05, 3.63) is 132 Å². The first-order valence-corrected chi connectivity index (χ1v) is 14.3. The van der Waals surface area contributed by atoms with Crippen molar-refractivity contribution in [3.63, 3.8) is 0 Å². The molecule has 4 aromatic carbocycles. The zero-order valence-corrected chi connectivity index (χ0v) is 21.6. The van der Waals surface area contributed by atoms with E-state index in [0.29, 0.717) is 10.5 Å². The topological polar surface area (TPSA) is 18.5 Å². The van der Waals surface area contributed by atoms with Gasteiger partial charge in [0.1, 0.15) is 10.5 Å². The average Bonchev–Trinajstić information content (AvgIpc) is 2.84. The summed E-state index contributed by atoms with van der Waals surface area (Å²) in [5.74, 6) is 0. The molecule has 0 radical (unpaired) electrons. The Balaban J connectivity index is 1.74. The van der Waals surface area contributed by atoms with Gasteiger partial charge < -0.3 is 8.23 Å². The van der Waals surface area contributed by atoms with Crippen LogP contribution in [0.15, 0.2) is 121 Å². The van der Waals surface area contributed by atoms with Crippen molar-refractivity contribution in [1.29, 1.82) is 0 Å². The quantitative estimate of drug-likeness (QED) is 0.390. The highest BCUT2D eigenvalue weighted by Crippen LogP contribution is 2.25. The molecule has 0 aliphatic rings. The predicted molar refractivity (Wildman–Crippen MR) is 133 cm³/mol. The van der Waals surface area contributed by atoms with E-state index in [1.165, 1.54) is 21.5 Å². The summed E-state index contributed by atoms with van der Waals surface area (Å²) in [6, 6.07) is 42.5. The molecule has 0 bridgehead atoms. The summed E-state index contributed by atoms with van der Waals surface area (Å²) in [4.78, 5) is 0. The van der Waals surface area contributed by atoms with Gasteiger partial charge in [-0.2, -0.15) is 0 Å². The number of hydrogen-bond acceptors (Lipinski definition) is 2. The van der Waals surface area contributed by atoms with Crippen LogP contribution in [0.4, 0.5) is 0 Å². The van der Waals surface area contributed by atoms with E-state index in [9.17, 15) is 0 Å². The summed E-state index contributed by atoms with van der Waals surface area (Å²) >= 11 is 0. The van der Waals surface area contributed by atoms with Crippen LogP contribution in [-0.4, -0.2) is 28.8 Å². The summed E-state index contributed by atoms with van der Waals surface area (Å²) < 4.78 is 13.4. The molecule has 0 aliphatic heterocycles. The lowest BCUT2D eigenvalue weighted by atomic mass is 10.0. The minimum absolute atomic E-state index is 0.281. The standard InChI is InChI=1S/C25H26O2Si3/c28-26-30(23-17-9-3-10-18-23,24-19-11-4-12-20-24)27-29-25(21-13-5-1-6-14-21)22-15-7-2-8-16-22/h1-20,25H,29H2,28H3. The maximum Gasteiger partial charge on any atom is 0.385 e. The Morgan fingerprint density at radius 2 is 0.933 bits per heavy atom. The van der Waals surface area contributed by atoms with Crippen LogP contribution in [0.25, 0.3) is 0 Å². The van der Waals surface area contributed by atoms with Crippen molar-refractivity contribution in [2.24, 2.45) is 0 Å². The van der Waals surface area contributed by atoms with Crippen LogP contribution in [0.5, 0.6) is 0 Å². The lowest BCUT2D eigenvalue weighted by Crippen LogP contribution is -2.64. The minimum Gasteiger partial charge on any atom is -0.439 e. The fraction of sp³-hybridized carbons (Fsp3) is 0.0400. The molecular weight excluding hydrogens is 417 g/mol. The Morgan fingerprint density at radius 1 is 0.567 bits per heavy atom. The smallest absolute Gasteiger partial charge is 0.385 e. The Labute approximate surface area is 185 Å². The van der Waals surface area contributed by atoms with Crippen molar-refractivity contribution < 1.29 is 8.23 Å². The zero-order chi connectivity index (χ0) is 20.7. The Bertz CT molecular complexity index is 950. The molecule has 0 heterocycles. The molecule has 0 unspecified atom stereocenters. The van der Waals surface area contributed by atoms with E-state index in [-0.39, 0.29) is 5.54 Å². The van der Waals surface area contributed by atoms with Gasteiger partial charge in [0.2, 0.25) is 0 Å². The highest BCUT2D eigenvalue weighted by atomic mass is 28.4. The van der Waals surface area contributed by atoms with Crippen LogP contribution in [0, 0.1) is 0 Å². The van der Waals surface area contributed by atoms with E-state index in [1.807, 2.05) is 0 Å². The van der Waals surface area contributed by atoms with Crippen molar-refractivity contribution in [1.82, 2.24) is 0 Å². The highest BCUT2D eigenvalue weighted by molar-refractivity contribution is 6.96. The summed E-state index contributed by atoms with van der Waals surface area (Å²) in [6.07, 6.45) is 0. The summed E-state index contributed by atoms with van der Waals surface area (Å²) in [5, 5.41) is 2.36. The summed E-state index contributed by atoms with van der Waals surface area (Å²) in [6.45, 7) is 0. The van der Waals surface area contributed by atoms with E-state index in [4.69, 9.17) is 8.23 Å². The maximum absolute atomic E-state index is 7.01. The Morgan fingerprint density at radius 3 is 1.30 bits per heavy atom. The van der Waals surface area contributed by atoms with Gasteiger partial charge in [0.25, 0.3) is 0 Å². The van der Waals surface area contributed by atoms with Crippen molar-refractivity contribution in [3.8, 4) is 0 Å². The first kappa shape index (κ1) is 20.7. The summed E-state index contributed by atoms with van der Waals surface area (Å²) in [5.41, 5.74) is 2.91. The van der Waals surface area contributed by atoms with E-state index in [2.05, 4.69) is 121 Å². The lowest BCUT2D eigenvalue weighted by molar-refractivity contribution is 0.452. The van der Waals surface area contributed by atoms with E-state index in [1.54, 1.807) is 0 Å². The molecule has 0 N–H and O–H groups in total. The molecule has 0 spiro atoms. The SMILES string of the molecule is [SiH3]O[Si](O[SiH2]C(c1ccccc1)c1ccccc1)(c1ccccc1)c1ccccc1. The van der Waals surface area contributed by atoms with Crippen LogP contribution in [0.1, 0.15) is 16.7 Å². The van der Waals surface area contributed by atoms with Gasteiger partial charge in [-0.25, -0.2) is 0 Å². The molecule has 5 heteroatoms. The van der Waals surface area contributed by atoms with E-state index in [0.717, 1.165) is 0 Å². The fourth-order valence-electron chi connectivity index (χ4n) is 3.90. The molecule has 2 nitrogen and oxygen atoms in total. The fourth-order valence-corrected chi connectivity index (χ4v) is 12.8. The molecule has 0 aliphatic carbocycles. The third-order valence-corrected chi connectivity index (χ3v) is 13.5. The van der Waals surface area contributed by atoms with Gasteiger partial charge in [0, 0.05) is 5.54 Å². The molecule has 0 amide bonds. The molecule has 4 rings (SSSR count). The van der Waals surface area contributed by atoms with Gasteiger partial charge in [0.15, 0.2) is 9.76 Å². The summed E-state index contributed by atoms with van der Waals surface area (Å²) in [7, 11) is -3.12. The zero-order valence-electron chi connectivity index (χ0n) is 17.1. The van der Waals surface area contributed by atoms with Crippen LogP contribution in [0.2, 0.25) is 0 Å². The van der Waals surface area contributed by atoms with Gasteiger partial charge in [-0.1, -0.05) is 121 Å².